The molecule has 0 spiro atoms. The van der Waals surface area contributed by atoms with E-state index in [1.165, 1.54) is 5.57 Å². The smallest absolute Gasteiger partial charge is 0.0789 e. The fourth-order valence-corrected chi connectivity index (χ4v) is 1.18. The number of methoxy groups -OCH3 is 1. The molecule has 0 N–H and O–H groups in total. The largest absolute Gasteiger partial charge is 0.377 e. The van der Waals surface area contributed by atoms with E-state index in [2.05, 4.69) is 32.1 Å². The molecule has 0 amide bonds. The van der Waals surface area contributed by atoms with Gasteiger partial charge in [0.15, 0.2) is 0 Å². The molecule has 0 aliphatic heterocycles. The van der Waals surface area contributed by atoms with Crippen molar-refractivity contribution in [1.29, 1.82) is 0 Å². The summed E-state index contributed by atoms with van der Waals surface area (Å²) in [7, 11) is 1.75. The van der Waals surface area contributed by atoms with E-state index in [0.717, 1.165) is 6.42 Å². The highest BCUT2D eigenvalue weighted by atomic mass is 16.5. The van der Waals surface area contributed by atoms with Gasteiger partial charge in [0, 0.05) is 7.11 Å². The van der Waals surface area contributed by atoms with Crippen molar-refractivity contribution in [3.63, 3.8) is 0 Å². The van der Waals surface area contributed by atoms with Crippen LogP contribution in [0.4, 0.5) is 0 Å². The van der Waals surface area contributed by atoms with Gasteiger partial charge in [-0.3, -0.25) is 0 Å². The van der Waals surface area contributed by atoms with E-state index < -0.39 is 0 Å². The van der Waals surface area contributed by atoms with E-state index in [1.807, 2.05) is 0 Å². The van der Waals surface area contributed by atoms with Crippen LogP contribution in [0.25, 0.3) is 0 Å². The van der Waals surface area contributed by atoms with Gasteiger partial charge in [0.05, 0.1) is 6.10 Å². The Morgan fingerprint density at radius 3 is 2.82 bits per heavy atom. The monoisotopic (exact) mass is 152 g/mol. The summed E-state index contributed by atoms with van der Waals surface area (Å²) >= 11 is 0. The highest BCUT2D eigenvalue weighted by Crippen LogP contribution is 2.18. The van der Waals surface area contributed by atoms with Crippen molar-refractivity contribution in [2.24, 2.45) is 5.92 Å². The van der Waals surface area contributed by atoms with Crippen molar-refractivity contribution in [2.75, 3.05) is 7.11 Å². The van der Waals surface area contributed by atoms with Gasteiger partial charge in [0.25, 0.3) is 0 Å². The molecule has 1 aliphatic carbocycles. The van der Waals surface area contributed by atoms with Crippen LogP contribution in [0.1, 0.15) is 20.3 Å². The van der Waals surface area contributed by atoms with Gasteiger partial charge in [0.2, 0.25) is 0 Å². The molecule has 0 saturated carbocycles. The van der Waals surface area contributed by atoms with E-state index in [9.17, 15) is 0 Å². The van der Waals surface area contributed by atoms with Crippen LogP contribution in [0.15, 0.2) is 23.8 Å². The van der Waals surface area contributed by atoms with Gasteiger partial charge in [-0.25, -0.2) is 0 Å². The zero-order valence-corrected chi connectivity index (χ0v) is 7.50. The molecule has 1 nitrogen and oxygen atoms in total. The second-order valence-electron chi connectivity index (χ2n) is 3.15. The molecule has 0 aromatic heterocycles. The second kappa shape index (κ2) is 3.72. The van der Waals surface area contributed by atoms with Crippen molar-refractivity contribution >= 4 is 0 Å². The first-order valence-electron chi connectivity index (χ1n) is 4.15. The molecule has 11 heavy (non-hydrogen) atoms. The summed E-state index contributed by atoms with van der Waals surface area (Å²) in [6.45, 7) is 4.30. The van der Waals surface area contributed by atoms with Gasteiger partial charge in [0.1, 0.15) is 0 Å². The fraction of sp³-hybridized carbons (Fsp3) is 0.600. The first-order valence-corrected chi connectivity index (χ1v) is 4.15. The maximum absolute atomic E-state index is 5.21. The second-order valence-corrected chi connectivity index (χ2v) is 3.15. The zero-order valence-electron chi connectivity index (χ0n) is 7.50. The fourth-order valence-electron chi connectivity index (χ4n) is 1.18. The molecule has 0 aromatic rings. The quantitative estimate of drug-likeness (QED) is 0.591. The van der Waals surface area contributed by atoms with Crippen LogP contribution in [0, 0.1) is 5.92 Å². The average Bonchev–Trinajstić information content (AvgIpc) is 2.05. The third-order valence-electron chi connectivity index (χ3n) is 2.17. The summed E-state index contributed by atoms with van der Waals surface area (Å²) in [6.07, 6.45) is 8.07. The molecule has 0 heterocycles. The zero-order chi connectivity index (χ0) is 8.27. The van der Waals surface area contributed by atoms with Crippen LogP contribution in [-0.4, -0.2) is 13.2 Å². The lowest BCUT2D eigenvalue weighted by atomic mass is 9.96. The Bertz CT molecular complexity index is 179. The summed E-state index contributed by atoms with van der Waals surface area (Å²) in [5.41, 5.74) is 1.31. The minimum atomic E-state index is 0.249. The minimum absolute atomic E-state index is 0.249. The van der Waals surface area contributed by atoms with Crippen molar-refractivity contribution in [3.8, 4) is 0 Å². The summed E-state index contributed by atoms with van der Waals surface area (Å²) in [5, 5.41) is 0. The number of rotatable bonds is 2. The predicted octanol–water partition coefficient (Wildman–Crippen LogP) is 2.54. The lowest BCUT2D eigenvalue weighted by Gasteiger charge is -2.16. The SMILES string of the molecule is COC(C)C1=CCC(C)C=C1. The molecule has 2 unspecified atom stereocenters. The highest BCUT2D eigenvalue weighted by molar-refractivity contribution is 5.26. The van der Waals surface area contributed by atoms with Crippen LogP contribution < -0.4 is 0 Å². The maximum Gasteiger partial charge on any atom is 0.0789 e. The molecule has 0 saturated heterocycles. The van der Waals surface area contributed by atoms with Gasteiger partial charge in [-0.2, -0.15) is 0 Å². The topological polar surface area (TPSA) is 9.23 Å². The summed E-state index contributed by atoms with van der Waals surface area (Å²) < 4.78 is 5.21. The Hall–Kier alpha value is -0.560. The minimum Gasteiger partial charge on any atom is -0.377 e. The Morgan fingerprint density at radius 2 is 2.36 bits per heavy atom. The van der Waals surface area contributed by atoms with Crippen LogP contribution in [-0.2, 0) is 4.74 Å². The summed E-state index contributed by atoms with van der Waals surface area (Å²) in [4.78, 5) is 0. The number of hydrogen-bond donors (Lipinski definition) is 0. The molecule has 0 fully saturated rings. The molecule has 62 valence electrons. The van der Waals surface area contributed by atoms with E-state index in [4.69, 9.17) is 4.74 Å². The summed E-state index contributed by atoms with van der Waals surface area (Å²) in [5.74, 6) is 0.697. The molecule has 0 bridgehead atoms. The van der Waals surface area contributed by atoms with E-state index in [1.54, 1.807) is 7.11 Å². The number of hydrogen-bond acceptors (Lipinski definition) is 1. The van der Waals surface area contributed by atoms with Crippen molar-refractivity contribution in [2.45, 2.75) is 26.4 Å². The Morgan fingerprint density at radius 1 is 1.64 bits per heavy atom. The lowest BCUT2D eigenvalue weighted by Crippen LogP contribution is -2.09. The van der Waals surface area contributed by atoms with Gasteiger partial charge in [-0.15, -0.1) is 0 Å². The van der Waals surface area contributed by atoms with Gasteiger partial charge in [-0.1, -0.05) is 25.2 Å². The van der Waals surface area contributed by atoms with E-state index in [-0.39, 0.29) is 6.10 Å². The van der Waals surface area contributed by atoms with Crippen LogP contribution in [0.5, 0.6) is 0 Å². The van der Waals surface area contributed by atoms with Crippen LogP contribution in [0.2, 0.25) is 0 Å². The van der Waals surface area contributed by atoms with E-state index >= 15 is 0 Å². The molecular weight excluding hydrogens is 136 g/mol. The molecule has 0 radical (unpaired) electrons. The molecule has 1 heteroatoms. The van der Waals surface area contributed by atoms with Crippen molar-refractivity contribution in [1.82, 2.24) is 0 Å². The summed E-state index contributed by atoms with van der Waals surface area (Å²) in [6, 6.07) is 0. The number of allylic oxidation sites excluding steroid dienone is 2. The highest BCUT2D eigenvalue weighted by Gasteiger charge is 2.08. The maximum atomic E-state index is 5.21. The predicted molar refractivity (Wildman–Crippen MR) is 47.5 cm³/mol. The van der Waals surface area contributed by atoms with Crippen molar-refractivity contribution in [3.05, 3.63) is 23.8 Å². The lowest BCUT2D eigenvalue weighted by molar-refractivity contribution is 0.149. The number of ether oxygens (including phenoxy) is 1. The first kappa shape index (κ1) is 8.54. The van der Waals surface area contributed by atoms with Crippen molar-refractivity contribution < 1.29 is 4.74 Å². The van der Waals surface area contributed by atoms with Gasteiger partial charge >= 0.3 is 0 Å². The van der Waals surface area contributed by atoms with Crippen LogP contribution >= 0.6 is 0 Å². The molecule has 1 rings (SSSR count). The molecule has 0 aromatic carbocycles. The molecular formula is C10H16O. The Kier molecular flexibility index (Phi) is 2.89. The van der Waals surface area contributed by atoms with Gasteiger partial charge in [-0.05, 0) is 24.8 Å². The average molecular weight is 152 g/mol. The van der Waals surface area contributed by atoms with Gasteiger partial charge < -0.3 is 4.74 Å². The third-order valence-corrected chi connectivity index (χ3v) is 2.17. The van der Waals surface area contributed by atoms with E-state index in [0.29, 0.717) is 5.92 Å². The molecule has 1 aliphatic rings. The normalized spacial score (nSPS) is 26.5. The molecule has 2 atom stereocenters. The standard InChI is InChI=1S/C10H16O/c1-8-4-6-10(7-5-8)9(2)11-3/h4,6-9H,5H2,1-3H3. The first-order chi connectivity index (χ1) is 5.24. The van der Waals surface area contributed by atoms with Crippen LogP contribution in [0.3, 0.4) is 0 Å². The Balaban J connectivity index is 2.55. The Labute approximate surface area is 68.8 Å². The third kappa shape index (κ3) is 2.19.